The molecule has 2 N–H and O–H groups in total. The molecule has 0 aliphatic carbocycles. The van der Waals surface area contributed by atoms with Crippen LogP contribution in [0.25, 0.3) is 10.8 Å². The highest BCUT2D eigenvalue weighted by atomic mass is 16.2. The fraction of sp³-hybridized carbons (Fsp3) is 0.167. The van der Waals surface area contributed by atoms with Gasteiger partial charge >= 0.3 is 0 Å². The molecule has 0 aliphatic heterocycles. The Labute approximate surface area is 102 Å². The van der Waals surface area contributed by atoms with Crippen LogP contribution in [0.1, 0.15) is 16.9 Å². The van der Waals surface area contributed by atoms with Gasteiger partial charge in [0.05, 0.1) is 17.9 Å². The lowest BCUT2D eigenvalue weighted by atomic mass is 10.1. The van der Waals surface area contributed by atoms with Crippen molar-refractivity contribution in [2.45, 2.75) is 6.42 Å². The van der Waals surface area contributed by atoms with E-state index in [9.17, 15) is 9.59 Å². The van der Waals surface area contributed by atoms with Crippen molar-refractivity contribution in [1.82, 2.24) is 15.5 Å². The Hall–Kier alpha value is -2.68. The number of fused-ring (bicyclic) bond motifs is 1. The molecule has 0 bridgehead atoms. The Morgan fingerprint density at radius 1 is 1.39 bits per heavy atom. The van der Waals surface area contributed by atoms with Gasteiger partial charge in [0.1, 0.15) is 0 Å². The van der Waals surface area contributed by atoms with Crippen molar-refractivity contribution >= 4 is 16.7 Å². The molecule has 0 spiro atoms. The molecule has 0 fully saturated rings. The van der Waals surface area contributed by atoms with E-state index >= 15 is 0 Å². The third-order valence-electron chi connectivity index (χ3n) is 2.43. The summed E-state index contributed by atoms with van der Waals surface area (Å²) in [5, 5.41) is 17.9. The smallest absolute Gasteiger partial charge is 0.272 e. The number of aromatic nitrogens is 2. The number of aromatic amines is 1. The van der Waals surface area contributed by atoms with E-state index in [1.807, 2.05) is 6.07 Å². The minimum absolute atomic E-state index is 0.156. The van der Waals surface area contributed by atoms with Crippen LogP contribution >= 0.6 is 0 Å². The lowest BCUT2D eigenvalue weighted by molar-refractivity contribution is 0.0950. The molecule has 1 aromatic carbocycles. The Kier molecular flexibility index (Phi) is 3.34. The molecule has 0 saturated carbocycles. The molecule has 0 atom stereocenters. The molecule has 6 heteroatoms. The Morgan fingerprint density at radius 2 is 2.11 bits per heavy atom. The molecular formula is C12H10N4O2. The fourth-order valence-electron chi connectivity index (χ4n) is 1.60. The summed E-state index contributed by atoms with van der Waals surface area (Å²) in [6.45, 7) is 0.254. The van der Waals surface area contributed by atoms with Gasteiger partial charge in [-0.05, 0) is 6.07 Å². The highest BCUT2D eigenvalue weighted by molar-refractivity contribution is 6.04. The van der Waals surface area contributed by atoms with Crippen LogP contribution in [-0.2, 0) is 0 Å². The highest BCUT2D eigenvalue weighted by Gasteiger charge is 2.12. The number of nitrogens with zero attached hydrogens (tertiary/aromatic N) is 2. The molecular weight excluding hydrogens is 232 g/mol. The van der Waals surface area contributed by atoms with Gasteiger partial charge in [-0.25, -0.2) is 5.10 Å². The van der Waals surface area contributed by atoms with E-state index in [2.05, 4.69) is 15.5 Å². The van der Waals surface area contributed by atoms with E-state index in [1.165, 1.54) is 0 Å². The standard InChI is InChI=1S/C12H10N4O2/c13-6-3-7-14-12(18)10-8-4-1-2-5-9(8)11(17)16-15-10/h1-2,4-5H,3,7H2,(H,14,18)(H,16,17). The van der Waals surface area contributed by atoms with Crippen LogP contribution in [0, 0.1) is 11.3 Å². The molecule has 18 heavy (non-hydrogen) atoms. The zero-order valence-corrected chi connectivity index (χ0v) is 9.43. The maximum atomic E-state index is 11.8. The molecule has 1 amide bonds. The van der Waals surface area contributed by atoms with Crippen molar-refractivity contribution in [1.29, 1.82) is 5.26 Å². The Balaban J connectivity index is 2.40. The summed E-state index contributed by atoms with van der Waals surface area (Å²) >= 11 is 0. The second kappa shape index (κ2) is 5.10. The minimum atomic E-state index is -0.405. The van der Waals surface area contributed by atoms with Gasteiger partial charge < -0.3 is 5.32 Å². The summed E-state index contributed by atoms with van der Waals surface area (Å²) in [4.78, 5) is 23.4. The van der Waals surface area contributed by atoms with Gasteiger partial charge in [-0.1, -0.05) is 18.2 Å². The van der Waals surface area contributed by atoms with E-state index in [4.69, 9.17) is 5.26 Å². The lowest BCUT2D eigenvalue weighted by Crippen LogP contribution is -2.27. The van der Waals surface area contributed by atoms with Crippen LogP contribution in [0.5, 0.6) is 0 Å². The van der Waals surface area contributed by atoms with Gasteiger partial charge in [-0.15, -0.1) is 0 Å². The first-order valence-corrected chi connectivity index (χ1v) is 5.36. The molecule has 1 aromatic heterocycles. The Bertz CT molecular complexity index is 684. The van der Waals surface area contributed by atoms with Crippen molar-refractivity contribution in [3.63, 3.8) is 0 Å². The van der Waals surface area contributed by atoms with Gasteiger partial charge in [-0.3, -0.25) is 9.59 Å². The lowest BCUT2D eigenvalue weighted by Gasteiger charge is -2.04. The third-order valence-corrected chi connectivity index (χ3v) is 2.43. The van der Waals surface area contributed by atoms with Gasteiger partial charge in [0, 0.05) is 11.9 Å². The third kappa shape index (κ3) is 2.20. The maximum absolute atomic E-state index is 11.8. The molecule has 0 unspecified atom stereocenters. The number of carbonyl (C=O) groups excluding carboxylic acids is 1. The second-order valence-corrected chi connectivity index (χ2v) is 3.61. The molecule has 90 valence electrons. The van der Waals surface area contributed by atoms with Crippen molar-refractivity contribution < 1.29 is 4.79 Å². The first kappa shape index (κ1) is 11.8. The van der Waals surface area contributed by atoms with Crippen molar-refractivity contribution in [2.24, 2.45) is 0 Å². The summed E-state index contributed by atoms with van der Waals surface area (Å²) in [6.07, 6.45) is 0.229. The average molecular weight is 242 g/mol. The quantitative estimate of drug-likeness (QED) is 0.768. The van der Waals surface area contributed by atoms with Crippen LogP contribution in [-0.4, -0.2) is 22.6 Å². The summed E-state index contributed by atoms with van der Waals surface area (Å²) in [7, 11) is 0. The number of benzene rings is 1. The maximum Gasteiger partial charge on any atom is 0.272 e. The van der Waals surface area contributed by atoms with E-state index in [0.29, 0.717) is 10.8 Å². The fourth-order valence-corrected chi connectivity index (χ4v) is 1.60. The summed E-state index contributed by atoms with van der Waals surface area (Å²) < 4.78 is 0. The first-order chi connectivity index (χ1) is 8.74. The number of carbonyl (C=O) groups is 1. The number of rotatable bonds is 3. The molecule has 0 aliphatic rings. The number of H-pyrrole nitrogens is 1. The van der Waals surface area contributed by atoms with Crippen molar-refractivity contribution in [2.75, 3.05) is 6.54 Å². The number of hydrogen-bond donors (Lipinski definition) is 2. The van der Waals surface area contributed by atoms with E-state index in [-0.39, 0.29) is 24.2 Å². The van der Waals surface area contributed by atoms with Crippen molar-refractivity contribution in [3.8, 4) is 6.07 Å². The summed E-state index contributed by atoms with van der Waals surface area (Å²) in [5.74, 6) is -0.405. The second-order valence-electron chi connectivity index (χ2n) is 3.61. The van der Waals surface area contributed by atoms with Gasteiger partial charge in [0.25, 0.3) is 11.5 Å². The zero-order valence-electron chi connectivity index (χ0n) is 9.43. The van der Waals surface area contributed by atoms with Crippen molar-refractivity contribution in [3.05, 3.63) is 40.3 Å². The van der Waals surface area contributed by atoms with Crippen LogP contribution < -0.4 is 10.9 Å². The topological polar surface area (TPSA) is 98.6 Å². The van der Waals surface area contributed by atoms with Crippen LogP contribution in [0.2, 0.25) is 0 Å². The SMILES string of the molecule is N#CCCNC(=O)c1n[nH]c(=O)c2ccccc12. The highest BCUT2D eigenvalue weighted by Crippen LogP contribution is 2.11. The molecule has 6 nitrogen and oxygen atoms in total. The van der Waals surface area contributed by atoms with Gasteiger partial charge in [0.2, 0.25) is 0 Å². The average Bonchev–Trinajstić information content (AvgIpc) is 2.39. The molecule has 0 radical (unpaired) electrons. The zero-order chi connectivity index (χ0) is 13.0. The first-order valence-electron chi connectivity index (χ1n) is 5.36. The number of nitriles is 1. The molecule has 2 rings (SSSR count). The monoisotopic (exact) mass is 242 g/mol. The number of amides is 1. The number of hydrogen-bond acceptors (Lipinski definition) is 4. The molecule has 2 aromatic rings. The molecule has 0 saturated heterocycles. The van der Waals surface area contributed by atoms with Crippen LogP contribution in [0.15, 0.2) is 29.1 Å². The summed E-state index contributed by atoms with van der Waals surface area (Å²) in [5.41, 5.74) is -0.178. The predicted octanol–water partition coefficient (Wildman–Crippen LogP) is 0.567. The van der Waals surface area contributed by atoms with E-state index in [0.717, 1.165) is 0 Å². The number of nitrogens with one attached hydrogen (secondary N) is 2. The predicted molar refractivity (Wildman–Crippen MR) is 64.9 cm³/mol. The minimum Gasteiger partial charge on any atom is -0.350 e. The van der Waals surface area contributed by atoms with Crippen LogP contribution in [0.4, 0.5) is 0 Å². The van der Waals surface area contributed by atoms with Gasteiger partial charge in [-0.2, -0.15) is 10.4 Å². The van der Waals surface area contributed by atoms with Gasteiger partial charge in [0.15, 0.2) is 5.69 Å². The largest absolute Gasteiger partial charge is 0.350 e. The van der Waals surface area contributed by atoms with E-state index < -0.39 is 5.91 Å². The molecule has 1 heterocycles. The van der Waals surface area contributed by atoms with E-state index in [1.54, 1.807) is 24.3 Å². The Morgan fingerprint density at radius 3 is 2.83 bits per heavy atom. The normalized spacial score (nSPS) is 9.94. The summed E-state index contributed by atoms with van der Waals surface area (Å²) in [6, 6.07) is 8.67. The van der Waals surface area contributed by atoms with Crippen LogP contribution in [0.3, 0.4) is 0 Å².